The van der Waals surface area contributed by atoms with E-state index >= 15 is 0 Å². The average Bonchev–Trinajstić information content (AvgIpc) is 2.70. The molecule has 2 rings (SSSR count). The number of benzene rings is 1. The van der Waals surface area contributed by atoms with Crippen molar-refractivity contribution < 1.29 is 9.90 Å². The third kappa shape index (κ3) is 2.59. The molecule has 5 heteroatoms. The predicted octanol–water partition coefficient (Wildman–Crippen LogP) is 3.09. The highest BCUT2D eigenvalue weighted by Gasteiger charge is 2.08. The zero-order valence-electron chi connectivity index (χ0n) is 8.18. The van der Waals surface area contributed by atoms with Crippen molar-refractivity contribution in [2.24, 2.45) is 0 Å². The maximum Gasteiger partial charge on any atom is 0.355 e. The highest BCUT2D eigenvalue weighted by Crippen LogP contribution is 2.17. The molecule has 0 bridgehead atoms. The van der Waals surface area contributed by atoms with Crippen molar-refractivity contribution in [1.29, 1.82) is 0 Å². The third-order valence-corrected chi connectivity index (χ3v) is 3.11. The molecule has 0 aliphatic heterocycles. The molecule has 0 saturated carbocycles. The molecule has 2 aromatic rings. The minimum atomic E-state index is -0.987. The van der Waals surface area contributed by atoms with Gasteiger partial charge in [0.25, 0.3) is 0 Å². The summed E-state index contributed by atoms with van der Waals surface area (Å²) in [5, 5.41) is 9.42. The van der Waals surface area contributed by atoms with Crippen molar-refractivity contribution in [2.45, 2.75) is 6.42 Å². The molecule has 0 radical (unpaired) electrons. The first-order valence-electron chi connectivity index (χ1n) is 4.58. The Morgan fingerprint density at radius 2 is 2.06 bits per heavy atom. The number of hydrogen-bond acceptors (Lipinski definition) is 3. The number of halogens is 1. The van der Waals surface area contributed by atoms with Gasteiger partial charge in [-0.3, -0.25) is 0 Å². The molecular weight excluding hydrogens is 246 g/mol. The van der Waals surface area contributed by atoms with Crippen LogP contribution in [0.3, 0.4) is 0 Å². The van der Waals surface area contributed by atoms with Crippen molar-refractivity contribution in [2.75, 3.05) is 0 Å². The van der Waals surface area contributed by atoms with E-state index < -0.39 is 5.97 Å². The molecule has 1 heterocycles. The zero-order chi connectivity index (χ0) is 11.5. The first-order chi connectivity index (χ1) is 7.65. The molecule has 1 N–H and O–H groups in total. The van der Waals surface area contributed by atoms with E-state index in [1.165, 1.54) is 11.5 Å². The molecule has 82 valence electrons. The van der Waals surface area contributed by atoms with Gasteiger partial charge < -0.3 is 5.11 Å². The summed E-state index contributed by atoms with van der Waals surface area (Å²) in [4.78, 5) is 11.6. The number of hydrogen-bond donors (Lipinski definition) is 1. The highest BCUT2D eigenvalue weighted by atomic mass is 35.5. The van der Waals surface area contributed by atoms with Gasteiger partial charge in [-0.15, -0.1) is 0 Å². The molecular formula is C11H8ClNO2S. The van der Waals surface area contributed by atoms with Gasteiger partial charge in [-0.25, -0.2) is 4.79 Å². The topological polar surface area (TPSA) is 50.2 Å². The molecule has 1 aromatic heterocycles. The number of carboxylic acids is 1. The summed E-state index contributed by atoms with van der Waals surface area (Å²) in [6, 6.07) is 9.07. The van der Waals surface area contributed by atoms with Gasteiger partial charge in [0, 0.05) is 16.3 Å². The lowest BCUT2D eigenvalue weighted by atomic mass is 10.1. The molecule has 0 saturated heterocycles. The second-order valence-corrected chi connectivity index (χ2v) is 4.61. The average molecular weight is 254 g/mol. The normalized spacial score (nSPS) is 10.3. The molecule has 3 nitrogen and oxygen atoms in total. The fourth-order valence-corrected chi connectivity index (χ4v) is 2.17. The predicted molar refractivity (Wildman–Crippen MR) is 63.3 cm³/mol. The standard InChI is InChI=1S/C11H8ClNO2S/c12-8-3-1-7(2-4-8)5-9-6-10(11(14)15)13-16-9/h1-4,6H,5H2,(H,14,15). The zero-order valence-corrected chi connectivity index (χ0v) is 9.76. The Balaban J connectivity index is 2.14. The molecule has 0 fully saturated rings. The van der Waals surface area contributed by atoms with Crippen molar-refractivity contribution in [3.05, 3.63) is 51.5 Å². The smallest absolute Gasteiger partial charge is 0.355 e. The van der Waals surface area contributed by atoms with Gasteiger partial charge in [-0.05, 0) is 35.3 Å². The monoisotopic (exact) mass is 253 g/mol. The summed E-state index contributed by atoms with van der Waals surface area (Å²) in [7, 11) is 0. The van der Waals surface area contributed by atoms with Crippen LogP contribution in [-0.4, -0.2) is 15.4 Å². The second-order valence-electron chi connectivity index (χ2n) is 3.29. The van der Waals surface area contributed by atoms with Crippen LogP contribution >= 0.6 is 23.1 Å². The van der Waals surface area contributed by atoms with E-state index in [-0.39, 0.29) is 5.69 Å². The van der Waals surface area contributed by atoms with E-state index in [1.54, 1.807) is 6.07 Å². The number of carbonyl (C=O) groups is 1. The molecule has 0 unspecified atom stereocenters. The molecule has 0 aliphatic carbocycles. The highest BCUT2D eigenvalue weighted by molar-refractivity contribution is 7.05. The van der Waals surface area contributed by atoms with Crippen LogP contribution in [-0.2, 0) is 6.42 Å². The molecule has 0 spiro atoms. The molecule has 0 amide bonds. The number of carboxylic acid groups (broad SMARTS) is 1. The summed E-state index contributed by atoms with van der Waals surface area (Å²) < 4.78 is 3.85. The number of rotatable bonds is 3. The van der Waals surface area contributed by atoms with E-state index in [1.807, 2.05) is 24.3 Å². The van der Waals surface area contributed by atoms with E-state index in [0.29, 0.717) is 11.4 Å². The van der Waals surface area contributed by atoms with Gasteiger partial charge >= 0.3 is 5.97 Å². The number of nitrogens with zero attached hydrogens (tertiary/aromatic N) is 1. The van der Waals surface area contributed by atoms with E-state index in [2.05, 4.69) is 4.37 Å². The van der Waals surface area contributed by atoms with Crippen LogP contribution in [0.25, 0.3) is 0 Å². The van der Waals surface area contributed by atoms with Crippen LogP contribution in [0.4, 0.5) is 0 Å². The van der Waals surface area contributed by atoms with Crippen LogP contribution in [0.5, 0.6) is 0 Å². The van der Waals surface area contributed by atoms with Crippen molar-refractivity contribution >= 4 is 29.1 Å². The summed E-state index contributed by atoms with van der Waals surface area (Å²) in [5.74, 6) is -0.987. The largest absolute Gasteiger partial charge is 0.476 e. The fourth-order valence-electron chi connectivity index (χ4n) is 1.30. The van der Waals surface area contributed by atoms with Crippen molar-refractivity contribution in [3.8, 4) is 0 Å². The molecule has 1 aromatic carbocycles. The Morgan fingerprint density at radius 1 is 1.38 bits per heavy atom. The lowest BCUT2D eigenvalue weighted by Crippen LogP contribution is -1.94. The van der Waals surface area contributed by atoms with Crippen LogP contribution < -0.4 is 0 Å². The maximum absolute atomic E-state index is 10.6. The lowest BCUT2D eigenvalue weighted by molar-refractivity contribution is 0.0692. The third-order valence-electron chi connectivity index (χ3n) is 2.07. The van der Waals surface area contributed by atoms with E-state index in [4.69, 9.17) is 16.7 Å². The van der Waals surface area contributed by atoms with Crippen molar-refractivity contribution in [1.82, 2.24) is 4.37 Å². The molecule has 0 atom stereocenters. The van der Waals surface area contributed by atoms with Crippen LogP contribution in [0.15, 0.2) is 30.3 Å². The van der Waals surface area contributed by atoms with Gasteiger partial charge in [0.05, 0.1) is 0 Å². The Labute approximate surface area is 101 Å². The summed E-state index contributed by atoms with van der Waals surface area (Å²) >= 11 is 6.99. The lowest BCUT2D eigenvalue weighted by Gasteiger charge is -1.97. The van der Waals surface area contributed by atoms with Crippen LogP contribution in [0.2, 0.25) is 5.02 Å². The van der Waals surface area contributed by atoms with Gasteiger partial charge in [0.1, 0.15) is 0 Å². The van der Waals surface area contributed by atoms with Crippen LogP contribution in [0, 0.1) is 0 Å². The van der Waals surface area contributed by atoms with Gasteiger partial charge in [0.15, 0.2) is 5.69 Å². The van der Waals surface area contributed by atoms with Gasteiger partial charge in [-0.2, -0.15) is 4.37 Å². The van der Waals surface area contributed by atoms with E-state index in [0.717, 1.165) is 10.4 Å². The first-order valence-corrected chi connectivity index (χ1v) is 5.73. The minimum Gasteiger partial charge on any atom is -0.476 e. The minimum absolute atomic E-state index is 0.106. The Morgan fingerprint density at radius 3 is 2.62 bits per heavy atom. The summed E-state index contributed by atoms with van der Waals surface area (Å²) in [5.41, 5.74) is 1.19. The number of aromatic carboxylic acids is 1. The molecule has 0 aliphatic rings. The van der Waals surface area contributed by atoms with Crippen LogP contribution in [0.1, 0.15) is 20.9 Å². The second kappa shape index (κ2) is 4.63. The Bertz CT molecular complexity index is 507. The van der Waals surface area contributed by atoms with Gasteiger partial charge in [0.2, 0.25) is 0 Å². The SMILES string of the molecule is O=C(O)c1cc(Cc2ccc(Cl)cc2)sn1. The first kappa shape index (κ1) is 11.1. The quantitative estimate of drug-likeness (QED) is 0.915. The fraction of sp³-hybridized carbons (Fsp3) is 0.0909. The summed E-state index contributed by atoms with van der Waals surface area (Å²) in [6.07, 6.45) is 0.683. The van der Waals surface area contributed by atoms with Crippen molar-refractivity contribution in [3.63, 3.8) is 0 Å². The molecule has 16 heavy (non-hydrogen) atoms. The van der Waals surface area contributed by atoms with E-state index in [9.17, 15) is 4.79 Å². The summed E-state index contributed by atoms with van der Waals surface area (Å²) in [6.45, 7) is 0. The number of aromatic nitrogens is 1. The Kier molecular flexibility index (Phi) is 3.22. The maximum atomic E-state index is 10.6. The Hall–Kier alpha value is -1.39. The van der Waals surface area contributed by atoms with Gasteiger partial charge in [-0.1, -0.05) is 23.7 Å².